The maximum atomic E-state index is 10.2. The van der Waals surface area contributed by atoms with Gasteiger partial charge < -0.3 is 14.6 Å². The van der Waals surface area contributed by atoms with Crippen LogP contribution in [0, 0.1) is 5.92 Å². The second-order valence-electron chi connectivity index (χ2n) is 1.92. The van der Waals surface area contributed by atoms with Crippen molar-refractivity contribution >= 4 is 6.16 Å². The Balaban J connectivity index is 2.26. The fourth-order valence-corrected chi connectivity index (χ4v) is 0.567. The average Bonchev–Trinajstić information content (AvgIpc) is 1.90. The predicted molar refractivity (Wildman–Crippen MR) is 27.9 cm³/mol. The monoisotopic (exact) mass is 132 g/mol. The molecule has 52 valence electrons. The summed E-state index contributed by atoms with van der Waals surface area (Å²) >= 11 is 0. The van der Waals surface area contributed by atoms with E-state index in [0.29, 0.717) is 0 Å². The van der Waals surface area contributed by atoms with Gasteiger partial charge in [-0.2, -0.15) is 0 Å². The lowest BCUT2D eigenvalue weighted by atomic mass is 10.2. The van der Waals surface area contributed by atoms with Crippen LogP contribution in [0.1, 0.15) is 0 Å². The molecule has 0 aliphatic carbocycles. The van der Waals surface area contributed by atoms with Gasteiger partial charge in [0.2, 0.25) is 0 Å². The van der Waals surface area contributed by atoms with Crippen molar-refractivity contribution in [1.29, 1.82) is 0 Å². The van der Waals surface area contributed by atoms with E-state index in [1.165, 1.54) is 0 Å². The van der Waals surface area contributed by atoms with E-state index >= 15 is 0 Å². The maximum Gasteiger partial charge on any atom is 0.508 e. The molecule has 1 heterocycles. The topological polar surface area (TPSA) is 55.8 Å². The predicted octanol–water partition coefficient (Wildman–Crippen LogP) is -0.238. The fourth-order valence-electron chi connectivity index (χ4n) is 0.567. The van der Waals surface area contributed by atoms with Crippen molar-refractivity contribution in [2.24, 2.45) is 5.92 Å². The van der Waals surface area contributed by atoms with Crippen LogP contribution in [0.25, 0.3) is 0 Å². The van der Waals surface area contributed by atoms with Crippen molar-refractivity contribution in [3.63, 3.8) is 0 Å². The molecule has 0 saturated carbocycles. The molecule has 1 fully saturated rings. The molecule has 1 saturated heterocycles. The second kappa shape index (κ2) is 2.68. The SMILES string of the molecule is O=C1OCC(CO)CO1. The first kappa shape index (κ1) is 6.35. The van der Waals surface area contributed by atoms with Gasteiger partial charge in [0.25, 0.3) is 0 Å². The standard InChI is InChI=1S/C5H8O4/c6-1-4-2-8-5(7)9-3-4/h4,6H,1-3H2. The van der Waals surface area contributed by atoms with Crippen LogP contribution in [-0.4, -0.2) is 31.1 Å². The fraction of sp³-hybridized carbons (Fsp3) is 0.800. The number of carbonyl (C=O) groups is 1. The van der Waals surface area contributed by atoms with Crippen molar-refractivity contribution in [1.82, 2.24) is 0 Å². The zero-order chi connectivity index (χ0) is 6.69. The van der Waals surface area contributed by atoms with Gasteiger partial charge in [-0.3, -0.25) is 0 Å². The van der Waals surface area contributed by atoms with Crippen LogP contribution in [0.5, 0.6) is 0 Å². The van der Waals surface area contributed by atoms with Crippen LogP contribution in [-0.2, 0) is 9.47 Å². The van der Waals surface area contributed by atoms with Crippen LogP contribution in [0.3, 0.4) is 0 Å². The highest BCUT2D eigenvalue weighted by Gasteiger charge is 2.19. The summed E-state index contributed by atoms with van der Waals surface area (Å²) in [5, 5.41) is 8.51. The summed E-state index contributed by atoms with van der Waals surface area (Å²) in [5.41, 5.74) is 0. The summed E-state index contributed by atoms with van der Waals surface area (Å²) in [7, 11) is 0. The minimum Gasteiger partial charge on any atom is -0.434 e. The Kier molecular flexibility index (Phi) is 1.89. The van der Waals surface area contributed by atoms with Crippen LogP contribution in [0.15, 0.2) is 0 Å². The molecule has 0 atom stereocenters. The zero-order valence-electron chi connectivity index (χ0n) is 4.87. The first-order chi connectivity index (χ1) is 4.33. The minimum atomic E-state index is -0.639. The van der Waals surface area contributed by atoms with Gasteiger partial charge in [0.15, 0.2) is 0 Å². The number of hydrogen-bond donors (Lipinski definition) is 1. The molecule has 0 bridgehead atoms. The molecule has 9 heavy (non-hydrogen) atoms. The third-order valence-electron chi connectivity index (χ3n) is 1.13. The second-order valence-corrected chi connectivity index (χ2v) is 1.92. The Hall–Kier alpha value is -0.770. The van der Waals surface area contributed by atoms with Gasteiger partial charge in [0.1, 0.15) is 13.2 Å². The lowest BCUT2D eigenvalue weighted by Gasteiger charge is -2.19. The number of hydrogen-bond acceptors (Lipinski definition) is 4. The average molecular weight is 132 g/mol. The van der Waals surface area contributed by atoms with Gasteiger partial charge >= 0.3 is 6.16 Å². The van der Waals surface area contributed by atoms with Crippen molar-refractivity contribution in [3.8, 4) is 0 Å². The molecule has 1 rings (SSSR count). The highest BCUT2D eigenvalue weighted by atomic mass is 16.7. The largest absolute Gasteiger partial charge is 0.508 e. The highest BCUT2D eigenvalue weighted by Crippen LogP contribution is 2.05. The molecule has 1 aliphatic heterocycles. The molecular weight excluding hydrogens is 124 g/mol. The summed E-state index contributed by atoms with van der Waals surface area (Å²) < 4.78 is 8.92. The molecule has 4 heteroatoms. The van der Waals surface area contributed by atoms with E-state index in [1.54, 1.807) is 0 Å². The van der Waals surface area contributed by atoms with Crippen LogP contribution in [0.2, 0.25) is 0 Å². The van der Waals surface area contributed by atoms with Crippen molar-refractivity contribution in [2.75, 3.05) is 19.8 Å². The van der Waals surface area contributed by atoms with Gasteiger partial charge in [0, 0.05) is 0 Å². The molecule has 0 unspecified atom stereocenters. The summed E-state index contributed by atoms with van der Waals surface area (Å²) in [6, 6.07) is 0. The van der Waals surface area contributed by atoms with E-state index in [0.717, 1.165) is 0 Å². The van der Waals surface area contributed by atoms with E-state index in [9.17, 15) is 4.79 Å². The van der Waals surface area contributed by atoms with E-state index in [2.05, 4.69) is 9.47 Å². The van der Waals surface area contributed by atoms with Crippen LogP contribution in [0.4, 0.5) is 4.79 Å². The number of cyclic esters (lactones) is 2. The van der Waals surface area contributed by atoms with Gasteiger partial charge in [-0.15, -0.1) is 0 Å². The number of aliphatic hydroxyl groups excluding tert-OH is 1. The molecule has 0 aromatic rings. The molecule has 0 amide bonds. The van der Waals surface area contributed by atoms with Crippen molar-refractivity contribution < 1.29 is 19.4 Å². The number of carbonyl (C=O) groups excluding carboxylic acids is 1. The summed E-state index contributed by atoms with van der Waals surface area (Å²) in [4.78, 5) is 10.2. The molecule has 0 spiro atoms. The van der Waals surface area contributed by atoms with E-state index in [-0.39, 0.29) is 25.7 Å². The lowest BCUT2D eigenvalue weighted by molar-refractivity contribution is -0.0260. The first-order valence-electron chi connectivity index (χ1n) is 2.73. The third-order valence-corrected chi connectivity index (χ3v) is 1.13. The highest BCUT2D eigenvalue weighted by molar-refractivity contribution is 5.60. The quantitative estimate of drug-likeness (QED) is 0.500. The number of rotatable bonds is 1. The summed E-state index contributed by atoms with van der Waals surface area (Å²) in [6.45, 7) is 0.554. The zero-order valence-corrected chi connectivity index (χ0v) is 4.87. The van der Waals surface area contributed by atoms with Crippen LogP contribution < -0.4 is 0 Å². The van der Waals surface area contributed by atoms with Gasteiger partial charge in [-0.25, -0.2) is 4.79 Å². The Morgan fingerprint density at radius 1 is 1.56 bits per heavy atom. The van der Waals surface area contributed by atoms with E-state index < -0.39 is 6.16 Å². The Bertz CT molecular complexity index is 102. The molecule has 0 aromatic carbocycles. The Labute approximate surface area is 52.4 Å². The number of ether oxygens (including phenoxy) is 2. The van der Waals surface area contributed by atoms with Crippen molar-refractivity contribution in [2.45, 2.75) is 0 Å². The Morgan fingerprint density at radius 2 is 2.11 bits per heavy atom. The van der Waals surface area contributed by atoms with Crippen LogP contribution >= 0.6 is 0 Å². The summed E-state index contributed by atoms with van der Waals surface area (Å²) in [5.74, 6) is -0.0392. The maximum absolute atomic E-state index is 10.2. The molecule has 0 aromatic heterocycles. The van der Waals surface area contributed by atoms with E-state index in [1.807, 2.05) is 0 Å². The lowest BCUT2D eigenvalue weighted by Crippen LogP contribution is -2.29. The minimum absolute atomic E-state index is 0.00722. The number of aliphatic hydroxyl groups is 1. The molecule has 0 radical (unpaired) electrons. The van der Waals surface area contributed by atoms with E-state index in [4.69, 9.17) is 5.11 Å². The molecule has 1 aliphatic rings. The van der Waals surface area contributed by atoms with Gasteiger partial charge in [-0.1, -0.05) is 0 Å². The molecule has 1 N–H and O–H groups in total. The normalized spacial score (nSPS) is 20.8. The first-order valence-corrected chi connectivity index (χ1v) is 2.73. The van der Waals surface area contributed by atoms with Gasteiger partial charge in [0.05, 0.1) is 12.5 Å². The Morgan fingerprint density at radius 3 is 2.56 bits per heavy atom. The smallest absolute Gasteiger partial charge is 0.434 e. The van der Waals surface area contributed by atoms with Gasteiger partial charge in [-0.05, 0) is 0 Å². The third kappa shape index (κ3) is 1.57. The molecular formula is C5H8O4. The van der Waals surface area contributed by atoms with Crippen molar-refractivity contribution in [3.05, 3.63) is 0 Å². The summed E-state index contributed by atoms with van der Waals surface area (Å²) in [6.07, 6.45) is -0.639. The molecule has 4 nitrogen and oxygen atoms in total.